The fourth-order valence-corrected chi connectivity index (χ4v) is 3.59. The van der Waals surface area contributed by atoms with Crippen LogP contribution in [0.3, 0.4) is 0 Å². The van der Waals surface area contributed by atoms with E-state index in [1.165, 1.54) is 35.6 Å². The van der Waals surface area contributed by atoms with Gasteiger partial charge in [-0.25, -0.2) is 9.37 Å². The second-order valence-electron chi connectivity index (χ2n) is 5.27. The van der Waals surface area contributed by atoms with Gasteiger partial charge in [-0.3, -0.25) is 4.79 Å². The van der Waals surface area contributed by atoms with Crippen molar-refractivity contribution in [3.05, 3.63) is 67.9 Å². The molecule has 1 heterocycles. The van der Waals surface area contributed by atoms with Crippen LogP contribution >= 0.6 is 46.1 Å². The zero-order valence-corrected chi connectivity index (χ0v) is 16.3. The quantitative estimate of drug-likeness (QED) is 0.462. The largest absolute Gasteiger partial charge is 0.332 e. The summed E-state index contributed by atoms with van der Waals surface area (Å²) in [5.74, 6) is -0.697. The van der Waals surface area contributed by atoms with Gasteiger partial charge in [-0.2, -0.15) is 0 Å². The number of halogens is 4. The van der Waals surface area contributed by atoms with Crippen molar-refractivity contribution in [3.8, 4) is 0 Å². The van der Waals surface area contributed by atoms with E-state index >= 15 is 0 Å². The SMILES string of the molecule is Cc1nc(Nc2ccc(F)cc2)sc1C(=O)Nc1cc(Cl)c(Cl)cc1Cl. The van der Waals surface area contributed by atoms with Crippen LogP contribution in [-0.4, -0.2) is 10.9 Å². The number of hydrogen-bond acceptors (Lipinski definition) is 4. The molecule has 3 aromatic rings. The van der Waals surface area contributed by atoms with Crippen molar-refractivity contribution < 1.29 is 9.18 Å². The minimum absolute atomic E-state index is 0.277. The van der Waals surface area contributed by atoms with E-state index in [1.807, 2.05) is 0 Å². The molecule has 0 aliphatic carbocycles. The van der Waals surface area contributed by atoms with Crippen LogP contribution < -0.4 is 10.6 Å². The number of nitrogens with one attached hydrogen (secondary N) is 2. The van der Waals surface area contributed by atoms with E-state index in [2.05, 4.69) is 15.6 Å². The second kappa shape index (κ2) is 7.80. The molecule has 26 heavy (non-hydrogen) atoms. The predicted molar refractivity (Wildman–Crippen MR) is 106 cm³/mol. The van der Waals surface area contributed by atoms with Crippen LogP contribution in [-0.2, 0) is 0 Å². The number of carbonyl (C=O) groups excluding carboxylic acids is 1. The van der Waals surface area contributed by atoms with E-state index in [0.29, 0.717) is 32.1 Å². The fraction of sp³-hybridized carbons (Fsp3) is 0.0588. The van der Waals surface area contributed by atoms with Gasteiger partial charge in [-0.15, -0.1) is 0 Å². The highest BCUT2D eigenvalue weighted by atomic mass is 35.5. The third-order valence-corrected chi connectivity index (χ3v) is 5.46. The van der Waals surface area contributed by atoms with Crippen LogP contribution in [0.25, 0.3) is 0 Å². The van der Waals surface area contributed by atoms with Gasteiger partial charge in [0.1, 0.15) is 10.7 Å². The molecule has 9 heteroatoms. The summed E-state index contributed by atoms with van der Waals surface area (Å²) in [7, 11) is 0. The molecule has 0 spiro atoms. The van der Waals surface area contributed by atoms with Crippen molar-refractivity contribution in [2.45, 2.75) is 6.92 Å². The van der Waals surface area contributed by atoms with Gasteiger partial charge in [-0.05, 0) is 43.3 Å². The van der Waals surface area contributed by atoms with E-state index in [-0.39, 0.29) is 21.8 Å². The lowest BCUT2D eigenvalue weighted by Gasteiger charge is -2.08. The van der Waals surface area contributed by atoms with Crippen molar-refractivity contribution in [1.29, 1.82) is 0 Å². The molecule has 0 unspecified atom stereocenters. The summed E-state index contributed by atoms with van der Waals surface area (Å²) in [6.45, 7) is 1.72. The Labute approximate surface area is 167 Å². The molecule has 0 atom stereocenters. The first-order valence-electron chi connectivity index (χ1n) is 7.29. The lowest BCUT2D eigenvalue weighted by Crippen LogP contribution is -2.12. The Hall–Kier alpha value is -1.86. The molecular weight excluding hydrogens is 420 g/mol. The molecule has 0 radical (unpaired) electrons. The Kier molecular flexibility index (Phi) is 5.67. The molecule has 0 bridgehead atoms. The monoisotopic (exact) mass is 429 g/mol. The summed E-state index contributed by atoms with van der Waals surface area (Å²) in [5.41, 5.74) is 1.57. The maximum Gasteiger partial charge on any atom is 0.267 e. The molecule has 0 saturated carbocycles. The third kappa shape index (κ3) is 4.27. The highest BCUT2D eigenvalue weighted by molar-refractivity contribution is 7.17. The Morgan fingerprint density at radius 1 is 1.08 bits per heavy atom. The molecule has 0 fully saturated rings. The molecule has 1 aromatic heterocycles. The summed E-state index contributed by atoms with van der Waals surface area (Å²) in [6.07, 6.45) is 0. The molecule has 2 aromatic carbocycles. The average Bonchev–Trinajstić information content (AvgIpc) is 2.95. The standard InChI is InChI=1S/C17H11Cl3FN3OS/c1-8-15(16(25)24-14-7-12(19)11(18)6-13(14)20)26-17(22-8)23-10-4-2-9(21)3-5-10/h2-7H,1H3,(H,22,23)(H,24,25). The minimum atomic E-state index is -0.368. The van der Waals surface area contributed by atoms with Crippen molar-refractivity contribution in [3.63, 3.8) is 0 Å². The number of carbonyl (C=O) groups is 1. The van der Waals surface area contributed by atoms with E-state index < -0.39 is 0 Å². The van der Waals surface area contributed by atoms with Gasteiger partial charge in [0, 0.05) is 5.69 Å². The molecule has 3 rings (SSSR count). The van der Waals surface area contributed by atoms with Crippen LogP contribution in [0.4, 0.5) is 20.9 Å². The maximum atomic E-state index is 13.0. The number of nitrogens with zero attached hydrogens (tertiary/aromatic N) is 1. The van der Waals surface area contributed by atoms with Crippen LogP contribution in [0.1, 0.15) is 15.4 Å². The first-order chi connectivity index (χ1) is 12.3. The van der Waals surface area contributed by atoms with E-state index in [9.17, 15) is 9.18 Å². The summed E-state index contributed by atoms with van der Waals surface area (Å²) in [5, 5.41) is 7.11. The van der Waals surface area contributed by atoms with Gasteiger partial charge < -0.3 is 10.6 Å². The molecule has 0 aliphatic rings. The fourth-order valence-electron chi connectivity index (χ4n) is 2.11. The van der Waals surface area contributed by atoms with Gasteiger partial charge in [0.25, 0.3) is 5.91 Å². The number of aromatic nitrogens is 1. The molecule has 0 saturated heterocycles. The van der Waals surface area contributed by atoms with Gasteiger partial charge in [-0.1, -0.05) is 46.1 Å². The lowest BCUT2D eigenvalue weighted by atomic mass is 10.3. The first kappa shape index (κ1) is 18.9. The normalized spacial score (nSPS) is 10.7. The van der Waals surface area contributed by atoms with Gasteiger partial charge >= 0.3 is 0 Å². The summed E-state index contributed by atoms with van der Waals surface area (Å²) in [6, 6.07) is 8.79. The Morgan fingerprint density at radius 2 is 1.73 bits per heavy atom. The molecular formula is C17H11Cl3FN3OS. The lowest BCUT2D eigenvalue weighted by molar-refractivity contribution is 0.103. The highest BCUT2D eigenvalue weighted by Gasteiger charge is 2.17. The van der Waals surface area contributed by atoms with Crippen LogP contribution in [0.15, 0.2) is 36.4 Å². The number of rotatable bonds is 4. The number of hydrogen-bond donors (Lipinski definition) is 2. The van der Waals surface area contributed by atoms with Gasteiger partial charge in [0.2, 0.25) is 0 Å². The Bertz CT molecular complexity index is 976. The summed E-state index contributed by atoms with van der Waals surface area (Å²) < 4.78 is 13.0. The molecule has 134 valence electrons. The Balaban J connectivity index is 1.79. The van der Waals surface area contributed by atoms with Crippen molar-refractivity contribution >= 4 is 68.6 Å². The summed E-state index contributed by atoms with van der Waals surface area (Å²) in [4.78, 5) is 17.3. The van der Waals surface area contributed by atoms with Crippen LogP contribution in [0.5, 0.6) is 0 Å². The molecule has 1 amide bonds. The minimum Gasteiger partial charge on any atom is -0.332 e. The first-order valence-corrected chi connectivity index (χ1v) is 9.24. The van der Waals surface area contributed by atoms with Crippen LogP contribution in [0, 0.1) is 12.7 Å². The van der Waals surface area contributed by atoms with E-state index in [4.69, 9.17) is 34.8 Å². The topological polar surface area (TPSA) is 54.0 Å². The number of benzene rings is 2. The van der Waals surface area contributed by atoms with Crippen LogP contribution in [0.2, 0.25) is 15.1 Å². The van der Waals surface area contributed by atoms with Crippen molar-refractivity contribution in [1.82, 2.24) is 4.98 Å². The highest BCUT2D eigenvalue weighted by Crippen LogP contribution is 2.33. The number of aryl methyl sites for hydroxylation is 1. The number of anilines is 3. The zero-order valence-electron chi connectivity index (χ0n) is 13.2. The van der Waals surface area contributed by atoms with Crippen molar-refractivity contribution in [2.75, 3.05) is 10.6 Å². The average molecular weight is 431 g/mol. The van der Waals surface area contributed by atoms with Gasteiger partial charge in [0.15, 0.2) is 5.13 Å². The number of amides is 1. The summed E-state index contributed by atoms with van der Waals surface area (Å²) >= 11 is 19.1. The van der Waals surface area contributed by atoms with Gasteiger partial charge in [0.05, 0.1) is 26.4 Å². The second-order valence-corrected chi connectivity index (χ2v) is 7.49. The maximum absolute atomic E-state index is 13.0. The smallest absolute Gasteiger partial charge is 0.267 e. The third-order valence-electron chi connectivity index (χ3n) is 3.36. The van der Waals surface area contributed by atoms with E-state index in [0.717, 1.165) is 0 Å². The number of thiazole rings is 1. The predicted octanol–water partition coefficient (Wildman–Crippen LogP) is 6.55. The zero-order chi connectivity index (χ0) is 18.8. The Morgan fingerprint density at radius 3 is 2.42 bits per heavy atom. The van der Waals surface area contributed by atoms with E-state index in [1.54, 1.807) is 19.1 Å². The molecule has 2 N–H and O–H groups in total. The molecule has 0 aliphatic heterocycles. The van der Waals surface area contributed by atoms with Crippen molar-refractivity contribution in [2.24, 2.45) is 0 Å². The molecule has 4 nitrogen and oxygen atoms in total.